The summed E-state index contributed by atoms with van der Waals surface area (Å²) in [6.07, 6.45) is 7.11. The highest BCUT2D eigenvalue weighted by atomic mass is 32.2. The van der Waals surface area contributed by atoms with Crippen molar-refractivity contribution >= 4 is 60.0 Å². The second-order valence-electron chi connectivity index (χ2n) is 30.7. The molecule has 11 rings (SSSR count). The summed E-state index contributed by atoms with van der Waals surface area (Å²) >= 11 is 0. The number of fused-ring (bicyclic) bond motifs is 1. The number of hydrogen-bond acceptors (Lipinski definition) is 18. The SMILES string of the molecule is CCC(C)CNS(=O)(=O)c1ccc(C)cc1.CCC(CO)CS(=O)(=O)c1ccc(C)cc1.Cc1cc(F)ccc1F.Cc1ccc(S(=O)(=O)NC(C)(C)CO)cc1.Cc1ccc(S(=O)(=O)NC(CO)CO)cc1.Cc1ccc(S(=O)(=O)NCC(C)CO)cc1.Cc1ccc(S(=O)(=O)NCc2ccco2)cc1.Cc1ccc2c(c1)CCC2.Cc1cccc(F)c1F. The summed E-state index contributed by atoms with van der Waals surface area (Å²) in [5, 5.41) is 44.4. The fraction of sp³-hybridized carbons (Fsp3) is 0.370. The van der Waals surface area contributed by atoms with Gasteiger partial charge < -0.3 is 29.9 Å². The zero-order chi connectivity index (χ0) is 94.1. The van der Waals surface area contributed by atoms with Crippen molar-refractivity contribution < 1.29 is 98.0 Å². The van der Waals surface area contributed by atoms with Crippen molar-refractivity contribution in [2.45, 2.75) is 183 Å². The molecule has 3 unspecified atom stereocenters. The highest BCUT2D eigenvalue weighted by Gasteiger charge is 2.26. The van der Waals surface area contributed by atoms with Gasteiger partial charge in [-0.05, 0) is 245 Å². The smallest absolute Gasteiger partial charge is 0.241 e. The maximum absolute atomic E-state index is 12.4. The molecule has 1 aromatic heterocycles. The number of rotatable bonds is 28. The number of aryl methyl sites for hydroxylation is 11. The molecule has 0 aliphatic heterocycles. The van der Waals surface area contributed by atoms with E-state index in [4.69, 9.17) is 29.9 Å². The van der Waals surface area contributed by atoms with Gasteiger partial charge in [-0.25, -0.2) is 91.7 Å². The normalized spacial score (nSPS) is 12.6. The zero-order valence-corrected chi connectivity index (χ0v) is 78.4. The van der Waals surface area contributed by atoms with Gasteiger partial charge in [0.05, 0.1) is 79.3 Å². The van der Waals surface area contributed by atoms with Gasteiger partial charge in [0.15, 0.2) is 21.5 Å². The van der Waals surface area contributed by atoms with Gasteiger partial charge in [-0.1, -0.05) is 183 Å². The molecule has 1 heterocycles. The lowest BCUT2D eigenvalue weighted by Crippen LogP contribution is -2.46. The largest absolute Gasteiger partial charge is 0.468 e. The van der Waals surface area contributed by atoms with E-state index in [0.29, 0.717) is 45.6 Å². The van der Waals surface area contributed by atoms with Crippen LogP contribution in [0, 0.1) is 103 Å². The molecule has 0 saturated heterocycles. The number of hydrogen-bond donors (Lipinski definition) is 10. The first-order chi connectivity index (χ1) is 58.5. The minimum absolute atomic E-state index is 0.0169. The molecule has 0 radical (unpaired) electrons. The van der Waals surface area contributed by atoms with Crippen molar-refractivity contribution in [1.82, 2.24) is 23.6 Å². The lowest BCUT2D eigenvalue weighted by molar-refractivity contribution is 0.185. The maximum Gasteiger partial charge on any atom is 0.241 e. The fourth-order valence-electron chi connectivity index (χ4n) is 10.4. The summed E-state index contributed by atoms with van der Waals surface area (Å²) < 4.78 is 209. The quantitative estimate of drug-likeness (QED) is 0.0204. The second kappa shape index (κ2) is 53.8. The molecule has 0 amide bonds. The van der Waals surface area contributed by atoms with Gasteiger partial charge in [-0.3, -0.25) is 0 Å². The third-order valence-electron chi connectivity index (χ3n) is 18.7. The Hall–Kier alpha value is -8.72. The Balaban J connectivity index is 0.000000366. The fourth-order valence-corrected chi connectivity index (χ4v) is 18.0. The number of benzene rings is 9. The molecular formula is C92H123F4N5O18S6. The number of aliphatic hydroxyl groups is 5. The van der Waals surface area contributed by atoms with Crippen LogP contribution in [0.25, 0.3) is 0 Å². The molecule has 125 heavy (non-hydrogen) atoms. The van der Waals surface area contributed by atoms with E-state index in [1.165, 1.54) is 69.2 Å². The molecule has 688 valence electrons. The monoisotopic (exact) mass is 1850 g/mol. The van der Waals surface area contributed by atoms with Crippen LogP contribution in [0.4, 0.5) is 17.6 Å². The van der Waals surface area contributed by atoms with E-state index in [1.54, 1.807) is 177 Å². The van der Waals surface area contributed by atoms with Crippen LogP contribution < -0.4 is 23.6 Å². The number of sulfonamides is 5. The first kappa shape index (κ1) is 110. The number of aliphatic hydroxyl groups excluding tert-OH is 5. The molecule has 9 aromatic carbocycles. The minimum Gasteiger partial charge on any atom is -0.468 e. The Morgan fingerprint density at radius 1 is 0.400 bits per heavy atom. The summed E-state index contributed by atoms with van der Waals surface area (Å²) in [7, 11) is -20.7. The van der Waals surface area contributed by atoms with Gasteiger partial charge in [-0.15, -0.1) is 0 Å². The average Bonchev–Trinajstić information content (AvgIpc) is 1.17. The summed E-state index contributed by atoms with van der Waals surface area (Å²) in [6.45, 7) is 27.2. The van der Waals surface area contributed by atoms with Crippen LogP contribution in [0.1, 0.15) is 128 Å². The standard InChI is InChI=1S/C12H13NO3S.C12H19NO2S.C12H18O3S.2C11H17NO3S.C10H15NO4S.C10H12.2C7H6F2/c1-10-4-6-12(7-5-10)17(14,15)13-9-11-3-2-8-16-11;1-4-10(2)9-13-16(14,15)12-7-5-11(3)6-8-12;1-3-11(8-13)9-16(14,15)12-6-4-10(2)5-7-12;1-9-4-6-10(7-5-9)16(14,15)12-11(2,3)8-13;1-9-3-5-11(6-4-9)16(14,15)12-7-10(2)8-13;1-8-2-4-10(5-3-8)16(14,15)11-9(6-12)7-13;1-8-5-6-9-3-2-4-10(9)7-8;1-5-4-6(8)2-3-7(5)9;1-5-3-2-4-6(8)7(5)9/h2-8,13H,9H2,1H3;5-8,10,13H,4,9H2,1-3H3;4-7,11,13H,3,8-9H2,1-2H3;4-7,12-13H,8H2,1-3H3;3-6,10,12-13H,7-8H2,1-2H3;2-5,9,11-13H,6-7H2,1H3;5-7H,2-4H2,1H3;2*2-4H,1H3. The van der Waals surface area contributed by atoms with E-state index >= 15 is 0 Å². The summed E-state index contributed by atoms with van der Waals surface area (Å²) in [5.74, 6) is -1.59. The predicted octanol–water partition coefficient (Wildman–Crippen LogP) is 14.8. The van der Waals surface area contributed by atoms with Crippen LogP contribution in [0.3, 0.4) is 0 Å². The van der Waals surface area contributed by atoms with E-state index in [-0.39, 0.29) is 75.9 Å². The molecule has 0 fully saturated rings. The van der Waals surface area contributed by atoms with Crippen molar-refractivity contribution in [3.8, 4) is 0 Å². The van der Waals surface area contributed by atoms with Gasteiger partial charge in [0.1, 0.15) is 17.4 Å². The lowest BCUT2D eigenvalue weighted by Gasteiger charge is -2.23. The van der Waals surface area contributed by atoms with Gasteiger partial charge in [0.2, 0.25) is 50.1 Å². The first-order valence-corrected chi connectivity index (χ1v) is 49.2. The van der Waals surface area contributed by atoms with E-state index in [0.717, 1.165) is 64.1 Å². The molecule has 0 saturated carbocycles. The Morgan fingerprint density at radius 3 is 1.18 bits per heavy atom. The molecule has 1 aliphatic carbocycles. The zero-order valence-electron chi connectivity index (χ0n) is 73.5. The van der Waals surface area contributed by atoms with Crippen LogP contribution in [0.15, 0.2) is 252 Å². The third kappa shape index (κ3) is 41.3. The van der Waals surface area contributed by atoms with Crippen molar-refractivity contribution in [3.05, 3.63) is 309 Å². The number of sulfone groups is 1. The predicted molar refractivity (Wildman–Crippen MR) is 484 cm³/mol. The Kier molecular flexibility index (Phi) is 47.5. The molecule has 1 aliphatic rings. The highest BCUT2D eigenvalue weighted by molar-refractivity contribution is 7.91. The second-order valence-corrected chi connectivity index (χ2v) is 41.5. The van der Waals surface area contributed by atoms with Gasteiger partial charge in [-0.2, -0.15) is 0 Å². The van der Waals surface area contributed by atoms with Crippen molar-refractivity contribution in [1.29, 1.82) is 0 Å². The maximum atomic E-state index is 12.4. The van der Waals surface area contributed by atoms with E-state index in [9.17, 15) is 68.1 Å². The van der Waals surface area contributed by atoms with Crippen molar-refractivity contribution in [2.24, 2.45) is 17.8 Å². The van der Waals surface area contributed by atoms with Crippen LogP contribution in [-0.4, -0.2) is 139 Å². The Bertz CT molecular complexity index is 5400. The van der Waals surface area contributed by atoms with Crippen molar-refractivity contribution in [3.63, 3.8) is 0 Å². The molecule has 10 aromatic rings. The molecular weight excluding hydrogens is 1730 g/mol. The lowest BCUT2D eigenvalue weighted by atomic mass is 10.1. The van der Waals surface area contributed by atoms with Gasteiger partial charge in [0.25, 0.3) is 0 Å². The molecule has 23 nitrogen and oxygen atoms in total. The minimum atomic E-state index is -3.67. The molecule has 33 heteroatoms. The van der Waals surface area contributed by atoms with Crippen LogP contribution >= 0.6 is 0 Å². The van der Waals surface area contributed by atoms with Gasteiger partial charge in [0, 0.05) is 26.3 Å². The van der Waals surface area contributed by atoms with Crippen LogP contribution in [0.5, 0.6) is 0 Å². The number of halogens is 4. The number of nitrogens with one attached hydrogen (secondary N) is 5. The topological polar surface area (TPSA) is 379 Å². The average molecular weight is 1860 g/mol. The number of furan rings is 1. The third-order valence-corrected chi connectivity index (χ3v) is 28.1. The molecule has 0 bridgehead atoms. The molecule has 0 spiro atoms. The van der Waals surface area contributed by atoms with E-state index < -0.39 is 102 Å². The van der Waals surface area contributed by atoms with Crippen molar-refractivity contribution in [2.75, 3.05) is 51.9 Å². The first-order valence-electron chi connectivity index (χ1n) is 40.2. The Labute approximate surface area is 738 Å². The molecule has 10 N–H and O–H groups in total. The highest BCUT2D eigenvalue weighted by Crippen LogP contribution is 2.24. The van der Waals surface area contributed by atoms with E-state index in [1.807, 2.05) is 62.3 Å². The summed E-state index contributed by atoms with van der Waals surface area (Å²) in [4.78, 5) is 1.51. The van der Waals surface area contributed by atoms with Crippen LogP contribution in [0.2, 0.25) is 0 Å². The van der Waals surface area contributed by atoms with Crippen LogP contribution in [-0.2, 0) is 79.3 Å². The summed E-state index contributed by atoms with van der Waals surface area (Å²) in [6, 6.07) is 56.8. The van der Waals surface area contributed by atoms with E-state index in [2.05, 4.69) is 48.7 Å². The van der Waals surface area contributed by atoms with Gasteiger partial charge >= 0.3 is 0 Å². The summed E-state index contributed by atoms with van der Waals surface area (Å²) in [5.41, 5.74) is 10.5. The Morgan fingerprint density at radius 2 is 0.808 bits per heavy atom. The molecule has 3 atom stereocenters.